The Bertz CT molecular complexity index is 507. The molecule has 0 saturated carbocycles. The Kier molecular flexibility index (Phi) is 3.27. The molecule has 0 unspecified atom stereocenters. The maximum Gasteiger partial charge on any atom is 0.356 e. The maximum atomic E-state index is 11.9. The summed E-state index contributed by atoms with van der Waals surface area (Å²) in [5, 5.41) is 4.98. The lowest BCUT2D eigenvalue weighted by molar-refractivity contribution is 0.0839. The number of benzene rings is 1. The molecule has 6 heteroatoms. The molecule has 0 bridgehead atoms. The van der Waals surface area contributed by atoms with E-state index >= 15 is 0 Å². The fourth-order valence-electron chi connectivity index (χ4n) is 1.52. The molecule has 0 atom stereocenters. The number of rotatable bonds is 2. The number of hydrogen-bond donors (Lipinski definition) is 2. The molecule has 1 aromatic carbocycles. The van der Waals surface area contributed by atoms with Crippen molar-refractivity contribution in [1.29, 1.82) is 0 Å². The van der Waals surface area contributed by atoms with Crippen molar-refractivity contribution in [3.05, 3.63) is 35.4 Å². The minimum absolute atomic E-state index is 0.281. The Morgan fingerprint density at radius 2 is 2.00 bits per heavy atom. The Labute approximate surface area is 105 Å². The van der Waals surface area contributed by atoms with E-state index in [9.17, 15) is 9.59 Å². The van der Waals surface area contributed by atoms with Crippen LogP contribution in [0.25, 0.3) is 0 Å². The van der Waals surface area contributed by atoms with Crippen molar-refractivity contribution in [2.45, 2.75) is 13.8 Å². The van der Waals surface area contributed by atoms with Crippen LogP contribution in [0.2, 0.25) is 0 Å². The zero-order chi connectivity index (χ0) is 13.1. The number of carbonyl (C=O) groups is 2. The van der Waals surface area contributed by atoms with Crippen LogP contribution in [0.3, 0.4) is 0 Å². The summed E-state index contributed by atoms with van der Waals surface area (Å²) in [5.41, 5.74) is 7.15. The summed E-state index contributed by atoms with van der Waals surface area (Å²) in [6, 6.07) is 6.68. The summed E-state index contributed by atoms with van der Waals surface area (Å²) in [7, 11) is 0. The van der Waals surface area contributed by atoms with Gasteiger partial charge < -0.3 is 0 Å². The molecule has 6 nitrogen and oxygen atoms in total. The van der Waals surface area contributed by atoms with Crippen LogP contribution in [0, 0.1) is 6.92 Å². The first-order chi connectivity index (χ1) is 8.56. The van der Waals surface area contributed by atoms with Crippen molar-refractivity contribution in [2.75, 3.05) is 6.54 Å². The normalized spacial score (nSPS) is 14.9. The van der Waals surface area contributed by atoms with E-state index < -0.39 is 6.03 Å². The third-order valence-corrected chi connectivity index (χ3v) is 2.52. The summed E-state index contributed by atoms with van der Waals surface area (Å²) in [6.45, 7) is 3.99. The van der Waals surface area contributed by atoms with Gasteiger partial charge in [-0.1, -0.05) is 17.7 Å². The molecule has 1 aromatic rings. The number of amides is 3. The number of carbonyl (C=O) groups excluding carboxylic acids is 2. The van der Waals surface area contributed by atoms with Gasteiger partial charge in [-0.25, -0.2) is 15.2 Å². The lowest BCUT2D eigenvalue weighted by Gasteiger charge is -2.25. The molecule has 0 aromatic heterocycles. The molecule has 2 rings (SSSR count). The number of urea groups is 1. The molecule has 3 amide bonds. The van der Waals surface area contributed by atoms with Gasteiger partial charge in [0.05, 0.1) is 12.3 Å². The molecule has 0 saturated heterocycles. The first-order valence-electron chi connectivity index (χ1n) is 5.54. The summed E-state index contributed by atoms with van der Waals surface area (Å²) in [5.74, 6) is -0.320. The van der Waals surface area contributed by atoms with Gasteiger partial charge in [0.2, 0.25) is 0 Å². The second kappa shape index (κ2) is 4.87. The average molecular weight is 246 g/mol. The number of nitrogens with one attached hydrogen (secondary N) is 2. The first kappa shape index (κ1) is 12.1. The second-order valence-corrected chi connectivity index (χ2v) is 4.16. The summed E-state index contributed by atoms with van der Waals surface area (Å²) >= 11 is 0. The third kappa shape index (κ3) is 2.65. The maximum absolute atomic E-state index is 11.9. The molecule has 94 valence electrons. The van der Waals surface area contributed by atoms with Crippen molar-refractivity contribution in [3.8, 4) is 0 Å². The highest BCUT2D eigenvalue weighted by Crippen LogP contribution is 2.04. The minimum atomic E-state index is -0.443. The molecule has 0 aliphatic carbocycles. The van der Waals surface area contributed by atoms with E-state index in [2.05, 4.69) is 16.0 Å². The van der Waals surface area contributed by atoms with E-state index in [1.807, 2.05) is 19.1 Å². The van der Waals surface area contributed by atoms with E-state index in [0.717, 1.165) is 11.3 Å². The van der Waals surface area contributed by atoms with Crippen molar-refractivity contribution in [3.63, 3.8) is 0 Å². The van der Waals surface area contributed by atoms with Gasteiger partial charge in [0, 0.05) is 5.56 Å². The number of hydrogen-bond acceptors (Lipinski definition) is 3. The van der Waals surface area contributed by atoms with Crippen LogP contribution in [-0.4, -0.2) is 29.2 Å². The quantitative estimate of drug-likeness (QED) is 0.818. The predicted molar refractivity (Wildman–Crippen MR) is 67.0 cm³/mol. The zero-order valence-corrected chi connectivity index (χ0v) is 10.2. The van der Waals surface area contributed by atoms with E-state index in [1.54, 1.807) is 19.1 Å². The van der Waals surface area contributed by atoms with Crippen LogP contribution in [0.4, 0.5) is 4.79 Å². The van der Waals surface area contributed by atoms with Gasteiger partial charge in [-0.2, -0.15) is 5.10 Å². The lowest BCUT2D eigenvalue weighted by atomic mass is 10.1. The van der Waals surface area contributed by atoms with Gasteiger partial charge in [0.25, 0.3) is 5.91 Å². The Morgan fingerprint density at radius 1 is 1.33 bits per heavy atom. The van der Waals surface area contributed by atoms with Gasteiger partial charge in [0.15, 0.2) is 0 Å². The highest BCUT2D eigenvalue weighted by molar-refractivity contribution is 5.97. The van der Waals surface area contributed by atoms with Crippen molar-refractivity contribution >= 4 is 17.6 Å². The molecule has 0 fully saturated rings. The van der Waals surface area contributed by atoms with Crippen LogP contribution in [0.5, 0.6) is 0 Å². The van der Waals surface area contributed by atoms with Crippen LogP contribution in [0.15, 0.2) is 29.4 Å². The van der Waals surface area contributed by atoms with E-state index in [4.69, 9.17) is 0 Å². The van der Waals surface area contributed by atoms with E-state index in [0.29, 0.717) is 5.56 Å². The van der Waals surface area contributed by atoms with E-state index in [1.165, 1.54) is 5.01 Å². The summed E-state index contributed by atoms with van der Waals surface area (Å²) < 4.78 is 0. The minimum Gasteiger partial charge on any atom is -0.267 e. The number of hydrazone groups is 1. The SMILES string of the molecule is CC1=NNC(=O)N(NC(=O)c2ccc(C)cc2)C1. The fourth-order valence-corrected chi connectivity index (χ4v) is 1.52. The molecular weight excluding hydrogens is 232 g/mol. The van der Waals surface area contributed by atoms with Gasteiger partial charge in [-0.05, 0) is 26.0 Å². The van der Waals surface area contributed by atoms with E-state index in [-0.39, 0.29) is 12.5 Å². The summed E-state index contributed by atoms with van der Waals surface area (Å²) in [4.78, 5) is 23.4. The zero-order valence-electron chi connectivity index (χ0n) is 10.2. The number of hydrazine groups is 1. The Morgan fingerprint density at radius 3 is 2.67 bits per heavy atom. The highest BCUT2D eigenvalue weighted by Gasteiger charge is 2.20. The van der Waals surface area contributed by atoms with Gasteiger partial charge in [-0.3, -0.25) is 10.2 Å². The lowest BCUT2D eigenvalue weighted by Crippen LogP contribution is -2.54. The van der Waals surface area contributed by atoms with Crippen LogP contribution in [-0.2, 0) is 0 Å². The van der Waals surface area contributed by atoms with Crippen LogP contribution >= 0.6 is 0 Å². The largest absolute Gasteiger partial charge is 0.356 e. The molecule has 1 aliphatic rings. The van der Waals surface area contributed by atoms with Crippen LogP contribution < -0.4 is 10.9 Å². The van der Waals surface area contributed by atoms with Gasteiger partial charge in [0.1, 0.15) is 0 Å². The van der Waals surface area contributed by atoms with Gasteiger partial charge >= 0.3 is 6.03 Å². The average Bonchev–Trinajstić information content (AvgIpc) is 2.34. The summed E-state index contributed by atoms with van der Waals surface area (Å²) in [6.07, 6.45) is 0. The van der Waals surface area contributed by atoms with Crippen molar-refractivity contribution in [1.82, 2.24) is 15.9 Å². The standard InChI is InChI=1S/C12H14N4O2/c1-8-3-5-10(6-4-8)11(17)15-16-7-9(2)13-14-12(16)18/h3-6H,7H2,1-2H3,(H,14,18)(H,15,17). The number of aryl methyl sites for hydroxylation is 1. The molecule has 1 heterocycles. The Balaban J connectivity index is 2.05. The van der Waals surface area contributed by atoms with Crippen molar-refractivity contribution in [2.24, 2.45) is 5.10 Å². The molecule has 18 heavy (non-hydrogen) atoms. The fraction of sp³-hybridized carbons (Fsp3) is 0.250. The molecule has 2 N–H and O–H groups in total. The monoisotopic (exact) mass is 246 g/mol. The first-order valence-corrected chi connectivity index (χ1v) is 5.54. The highest BCUT2D eigenvalue weighted by atomic mass is 16.2. The number of nitrogens with zero attached hydrogens (tertiary/aromatic N) is 2. The molecule has 1 aliphatic heterocycles. The second-order valence-electron chi connectivity index (χ2n) is 4.16. The molecule has 0 spiro atoms. The topological polar surface area (TPSA) is 73.8 Å². The van der Waals surface area contributed by atoms with Crippen molar-refractivity contribution < 1.29 is 9.59 Å². The third-order valence-electron chi connectivity index (χ3n) is 2.52. The molecule has 0 radical (unpaired) electrons. The van der Waals surface area contributed by atoms with Crippen LogP contribution in [0.1, 0.15) is 22.8 Å². The Hall–Kier alpha value is -2.37. The molecular formula is C12H14N4O2. The smallest absolute Gasteiger partial charge is 0.267 e. The van der Waals surface area contributed by atoms with Gasteiger partial charge in [-0.15, -0.1) is 0 Å². The predicted octanol–water partition coefficient (Wildman–Crippen LogP) is 1.04.